The molecule has 0 aliphatic heterocycles. The highest BCUT2D eigenvalue weighted by atomic mass is 31.0. The molecular weight excluding hydrogens is 519 g/mol. The second-order valence-corrected chi connectivity index (χ2v) is 10.1. The Morgan fingerprint density at radius 1 is 1.10 bits per heavy atom. The maximum Gasteiger partial charge on any atom is 0.287 e. The summed E-state index contributed by atoms with van der Waals surface area (Å²) in [5.41, 5.74) is -0.734. The third kappa shape index (κ3) is 8.06. The maximum atomic E-state index is 13.9. The van der Waals surface area contributed by atoms with Gasteiger partial charge >= 0.3 is 0 Å². The number of nitrogens with zero attached hydrogens (tertiary/aromatic N) is 1. The molecule has 39 heavy (non-hydrogen) atoms. The molecule has 1 N–H and O–H groups in total. The van der Waals surface area contributed by atoms with E-state index in [4.69, 9.17) is 19.0 Å². The van der Waals surface area contributed by atoms with Crippen LogP contribution in [0.2, 0.25) is 0 Å². The van der Waals surface area contributed by atoms with Crippen molar-refractivity contribution in [2.24, 2.45) is 0 Å². The van der Waals surface area contributed by atoms with Crippen molar-refractivity contribution in [3.63, 3.8) is 0 Å². The van der Waals surface area contributed by atoms with Gasteiger partial charge in [-0.3, -0.25) is 0 Å². The van der Waals surface area contributed by atoms with Gasteiger partial charge in [-0.25, -0.2) is 0 Å². The number of alkyl halides is 2. The van der Waals surface area contributed by atoms with E-state index >= 15 is 0 Å². The van der Waals surface area contributed by atoms with Crippen LogP contribution in [0.4, 0.5) is 8.78 Å². The number of rotatable bonds is 11. The Balaban J connectivity index is 0.000000629. The number of aromatic nitrogens is 1. The second kappa shape index (κ2) is 15.0. The first-order valence-electron chi connectivity index (χ1n) is 13.5. The standard InChI is InChI=1S/C26H28F2NO3P.C4H8.CH4O/c1-3-6-21-24(10-9-20-22(26(27,28)33)17-32-25(20)21)31-15-5-12-29-13-11-18-7-8-19(16-23(18)29)30-14-4-2;1-2-4-3-1;1-2/h4,7-11,13,16-17H,2-3,5-6,12,14-15,33H2,1H3;1-4H2;2H,1H3. The molecule has 5 rings (SSSR count). The molecule has 1 unspecified atom stereocenters. The second-order valence-electron chi connectivity index (χ2n) is 9.39. The van der Waals surface area contributed by atoms with E-state index in [-0.39, 0.29) is 5.56 Å². The highest BCUT2D eigenvalue weighted by molar-refractivity contribution is 7.17. The quantitative estimate of drug-likeness (QED) is 0.114. The smallest absolute Gasteiger partial charge is 0.287 e. The van der Waals surface area contributed by atoms with Crippen LogP contribution in [-0.2, 0) is 18.6 Å². The van der Waals surface area contributed by atoms with Gasteiger partial charge in [-0.2, -0.15) is 8.78 Å². The summed E-state index contributed by atoms with van der Waals surface area (Å²) in [5.74, 6) is 1.50. The third-order valence-corrected chi connectivity index (χ3v) is 6.89. The van der Waals surface area contributed by atoms with Crippen molar-refractivity contribution in [2.75, 3.05) is 20.3 Å². The minimum absolute atomic E-state index is 0.123. The molecule has 0 amide bonds. The number of aliphatic hydroxyl groups excluding tert-OH is 1. The van der Waals surface area contributed by atoms with Crippen LogP contribution >= 0.6 is 9.24 Å². The van der Waals surface area contributed by atoms with Gasteiger partial charge in [0, 0.05) is 36.9 Å². The summed E-state index contributed by atoms with van der Waals surface area (Å²) in [5, 5.41) is 8.58. The zero-order chi connectivity index (χ0) is 28.3. The molecule has 0 spiro atoms. The van der Waals surface area contributed by atoms with Gasteiger partial charge in [-0.15, -0.1) is 0 Å². The molecule has 1 atom stereocenters. The summed E-state index contributed by atoms with van der Waals surface area (Å²) in [6.07, 6.45) is 13.3. The van der Waals surface area contributed by atoms with E-state index in [9.17, 15) is 8.78 Å². The van der Waals surface area contributed by atoms with Crippen molar-refractivity contribution in [1.29, 1.82) is 0 Å². The molecule has 212 valence electrons. The first-order valence-corrected chi connectivity index (χ1v) is 14.1. The number of hydrogen-bond acceptors (Lipinski definition) is 4. The van der Waals surface area contributed by atoms with Crippen molar-refractivity contribution in [3.8, 4) is 11.5 Å². The predicted octanol–water partition coefficient (Wildman–Crippen LogP) is 8.47. The average Bonchev–Trinajstić information content (AvgIpc) is 3.51. The van der Waals surface area contributed by atoms with E-state index in [1.807, 2.05) is 25.1 Å². The molecule has 2 heterocycles. The van der Waals surface area contributed by atoms with Gasteiger partial charge in [0.25, 0.3) is 5.66 Å². The van der Waals surface area contributed by atoms with Crippen molar-refractivity contribution in [3.05, 3.63) is 72.6 Å². The SMILES string of the molecule is C1CCC1.C=CCOc1ccc2ccn(CCCOc3ccc4c(C(F)(F)P)coc4c3CCC)c2c1.CO. The number of benzene rings is 2. The largest absolute Gasteiger partial charge is 0.493 e. The number of furan rings is 1. The minimum atomic E-state index is -3.03. The molecule has 1 saturated carbocycles. The lowest BCUT2D eigenvalue weighted by molar-refractivity contribution is 0.104. The monoisotopic (exact) mass is 559 g/mol. The van der Waals surface area contributed by atoms with E-state index < -0.39 is 5.66 Å². The van der Waals surface area contributed by atoms with Crippen molar-refractivity contribution >= 4 is 31.1 Å². The van der Waals surface area contributed by atoms with Crippen LogP contribution in [0.15, 0.2) is 65.9 Å². The Hall–Kier alpha value is -2.89. The van der Waals surface area contributed by atoms with Gasteiger partial charge in [0.15, 0.2) is 0 Å². The third-order valence-electron chi connectivity index (χ3n) is 6.58. The van der Waals surface area contributed by atoms with Crippen LogP contribution in [0, 0.1) is 0 Å². The average molecular weight is 560 g/mol. The van der Waals surface area contributed by atoms with Crippen LogP contribution in [0.1, 0.15) is 56.6 Å². The Morgan fingerprint density at radius 3 is 2.49 bits per heavy atom. The highest BCUT2D eigenvalue weighted by Crippen LogP contribution is 2.42. The molecule has 1 aliphatic rings. The first kappa shape index (κ1) is 30.6. The molecule has 0 bridgehead atoms. The topological polar surface area (TPSA) is 56.8 Å². The van der Waals surface area contributed by atoms with E-state index in [0.29, 0.717) is 36.4 Å². The fourth-order valence-corrected chi connectivity index (χ4v) is 4.51. The van der Waals surface area contributed by atoms with E-state index in [1.54, 1.807) is 27.4 Å². The summed E-state index contributed by atoms with van der Waals surface area (Å²) >= 11 is 0. The summed E-state index contributed by atoms with van der Waals surface area (Å²) in [4.78, 5) is 0. The molecule has 5 nitrogen and oxygen atoms in total. The zero-order valence-corrected chi connectivity index (χ0v) is 24.1. The fraction of sp³-hybridized carbons (Fsp3) is 0.419. The Bertz CT molecular complexity index is 1320. The van der Waals surface area contributed by atoms with E-state index in [1.165, 1.54) is 25.7 Å². The normalized spacial score (nSPS) is 12.7. The van der Waals surface area contributed by atoms with Gasteiger partial charge in [-0.05, 0) is 48.6 Å². The molecule has 0 radical (unpaired) electrons. The van der Waals surface area contributed by atoms with Gasteiger partial charge in [0.2, 0.25) is 0 Å². The molecule has 8 heteroatoms. The van der Waals surface area contributed by atoms with Gasteiger partial charge < -0.3 is 23.6 Å². The van der Waals surface area contributed by atoms with Crippen molar-refractivity contribution < 1.29 is 27.8 Å². The van der Waals surface area contributed by atoms with Gasteiger partial charge in [0.1, 0.15) is 30.0 Å². The lowest BCUT2D eigenvalue weighted by atomic mass is 10.0. The molecule has 2 aromatic carbocycles. The van der Waals surface area contributed by atoms with Crippen LogP contribution in [0.3, 0.4) is 0 Å². The van der Waals surface area contributed by atoms with Gasteiger partial charge in [-0.1, -0.05) is 60.9 Å². The molecule has 1 aliphatic carbocycles. The summed E-state index contributed by atoms with van der Waals surface area (Å²) in [6, 6.07) is 11.5. The minimum Gasteiger partial charge on any atom is -0.493 e. The van der Waals surface area contributed by atoms with Crippen molar-refractivity contribution in [1.82, 2.24) is 4.57 Å². The number of aryl methyl sites for hydroxylation is 2. The Labute approximate surface area is 232 Å². The summed E-state index contributed by atoms with van der Waals surface area (Å²) < 4.78 is 47.2. The Morgan fingerprint density at radius 2 is 1.85 bits per heavy atom. The van der Waals surface area contributed by atoms with Crippen LogP contribution < -0.4 is 9.47 Å². The first-order chi connectivity index (χ1) is 18.9. The molecule has 0 saturated heterocycles. The highest BCUT2D eigenvalue weighted by Gasteiger charge is 2.30. The number of ether oxygens (including phenoxy) is 2. The molecule has 2 aromatic heterocycles. The van der Waals surface area contributed by atoms with Crippen LogP contribution in [0.5, 0.6) is 11.5 Å². The summed E-state index contributed by atoms with van der Waals surface area (Å²) in [6.45, 7) is 7.48. The van der Waals surface area contributed by atoms with E-state index in [2.05, 4.69) is 23.4 Å². The van der Waals surface area contributed by atoms with Crippen LogP contribution in [0.25, 0.3) is 21.9 Å². The summed E-state index contributed by atoms with van der Waals surface area (Å²) in [7, 11) is 2.58. The number of fused-ring (bicyclic) bond motifs is 2. The van der Waals surface area contributed by atoms with Crippen molar-refractivity contribution in [2.45, 2.75) is 64.1 Å². The van der Waals surface area contributed by atoms with Gasteiger partial charge in [0.05, 0.1) is 17.7 Å². The molecule has 1 fully saturated rings. The zero-order valence-electron chi connectivity index (χ0n) is 22.9. The number of halogens is 2. The van der Waals surface area contributed by atoms with E-state index in [0.717, 1.165) is 55.0 Å². The molecular formula is C31H40F2NO4P. The maximum absolute atomic E-state index is 13.9. The number of hydrogen-bond donors (Lipinski definition) is 1. The predicted molar refractivity (Wildman–Crippen MR) is 158 cm³/mol. The fourth-order valence-electron chi connectivity index (χ4n) is 4.29. The lowest BCUT2D eigenvalue weighted by Gasteiger charge is -2.13. The lowest BCUT2D eigenvalue weighted by Crippen LogP contribution is -2.06. The van der Waals surface area contributed by atoms with Crippen LogP contribution in [-0.4, -0.2) is 30.0 Å². The Kier molecular flexibility index (Phi) is 11.8. The number of aliphatic hydroxyl groups is 1. The molecule has 4 aromatic rings.